The molecule has 0 saturated carbocycles. The second-order valence-corrected chi connectivity index (χ2v) is 6.11. The smallest absolute Gasteiger partial charge is 0.244 e. The summed E-state index contributed by atoms with van der Waals surface area (Å²) in [7, 11) is -2.60. The summed E-state index contributed by atoms with van der Waals surface area (Å²) in [5.41, 5.74) is 0.178. The van der Waals surface area contributed by atoms with Crippen LogP contribution in [0.4, 0.5) is 4.39 Å². The van der Waals surface area contributed by atoms with Crippen molar-refractivity contribution in [3.05, 3.63) is 47.5 Å². The number of nitrogens with zero attached hydrogens (tertiary/aromatic N) is 3. The zero-order valence-electron chi connectivity index (χ0n) is 10.5. The zero-order chi connectivity index (χ0) is 14.8. The Hall–Kier alpha value is -2.24. The predicted molar refractivity (Wildman–Crippen MR) is 68.4 cm³/mol. The van der Waals surface area contributed by atoms with E-state index in [2.05, 4.69) is 10.2 Å². The van der Waals surface area contributed by atoms with E-state index in [4.69, 9.17) is 5.26 Å². The predicted octanol–water partition coefficient (Wildman–Crippen LogP) is 1.24. The molecule has 1 aromatic carbocycles. The van der Waals surface area contributed by atoms with Crippen molar-refractivity contribution < 1.29 is 12.8 Å². The highest BCUT2D eigenvalue weighted by Gasteiger charge is 2.26. The van der Waals surface area contributed by atoms with Crippen LogP contribution in [-0.4, -0.2) is 30.0 Å². The fourth-order valence-electron chi connectivity index (χ4n) is 1.70. The molecule has 0 aliphatic rings. The third-order valence-corrected chi connectivity index (χ3v) is 4.58. The van der Waals surface area contributed by atoms with E-state index in [0.717, 1.165) is 10.4 Å². The van der Waals surface area contributed by atoms with E-state index < -0.39 is 21.4 Å². The highest BCUT2D eigenvalue weighted by atomic mass is 32.2. The average Bonchev–Trinajstić information content (AvgIpc) is 2.91. The van der Waals surface area contributed by atoms with Crippen molar-refractivity contribution in [3.8, 4) is 6.07 Å². The molecule has 0 aliphatic carbocycles. The molecule has 0 aliphatic heterocycles. The van der Waals surface area contributed by atoms with Gasteiger partial charge in [-0.1, -0.05) is 6.07 Å². The number of nitrogens with one attached hydrogen (secondary N) is 1. The Morgan fingerprint density at radius 1 is 1.50 bits per heavy atom. The molecule has 1 N–H and O–H groups in total. The van der Waals surface area contributed by atoms with Gasteiger partial charge in [-0.05, 0) is 12.1 Å². The third-order valence-electron chi connectivity index (χ3n) is 2.74. The summed E-state index contributed by atoms with van der Waals surface area (Å²) in [6.07, 6.45) is 3.05. The molecular weight excluding hydrogens is 283 g/mol. The van der Waals surface area contributed by atoms with Gasteiger partial charge in [0.1, 0.15) is 22.3 Å². The van der Waals surface area contributed by atoms with Gasteiger partial charge in [-0.15, -0.1) is 0 Å². The number of aromatic amines is 1. The van der Waals surface area contributed by atoms with Crippen LogP contribution < -0.4 is 0 Å². The van der Waals surface area contributed by atoms with E-state index in [0.29, 0.717) is 5.56 Å². The van der Waals surface area contributed by atoms with Gasteiger partial charge >= 0.3 is 0 Å². The summed E-state index contributed by atoms with van der Waals surface area (Å²) < 4.78 is 39.3. The molecular formula is C12H11FN4O2S. The lowest BCUT2D eigenvalue weighted by atomic mass is 10.2. The van der Waals surface area contributed by atoms with Crippen molar-refractivity contribution in [3.63, 3.8) is 0 Å². The lowest BCUT2D eigenvalue weighted by molar-refractivity contribution is 0.465. The van der Waals surface area contributed by atoms with Gasteiger partial charge in [-0.2, -0.15) is 14.7 Å². The van der Waals surface area contributed by atoms with Crippen molar-refractivity contribution in [2.75, 3.05) is 7.05 Å². The molecule has 1 heterocycles. The van der Waals surface area contributed by atoms with Crippen molar-refractivity contribution in [2.45, 2.75) is 11.4 Å². The number of hydrogen-bond acceptors (Lipinski definition) is 4. The maximum absolute atomic E-state index is 13.5. The molecule has 8 heteroatoms. The monoisotopic (exact) mass is 294 g/mol. The highest BCUT2D eigenvalue weighted by Crippen LogP contribution is 2.22. The number of rotatable bonds is 4. The molecule has 1 aromatic heterocycles. The van der Waals surface area contributed by atoms with E-state index >= 15 is 0 Å². The number of aromatic nitrogens is 2. The largest absolute Gasteiger partial charge is 0.285 e. The van der Waals surface area contributed by atoms with Crippen LogP contribution in [0.15, 0.2) is 35.5 Å². The second-order valence-electron chi connectivity index (χ2n) is 4.09. The van der Waals surface area contributed by atoms with E-state index in [9.17, 15) is 12.8 Å². The Labute approximate surface area is 115 Å². The van der Waals surface area contributed by atoms with Crippen molar-refractivity contribution >= 4 is 10.0 Å². The Balaban J connectivity index is 2.41. The van der Waals surface area contributed by atoms with Gasteiger partial charge in [0.15, 0.2) is 0 Å². The van der Waals surface area contributed by atoms with Gasteiger partial charge in [0.2, 0.25) is 10.0 Å². The topological polar surface area (TPSA) is 89.8 Å². The molecule has 104 valence electrons. The number of halogens is 1. The van der Waals surface area contributed by atoms with Crippen molar-refractivity contribution in [1.82, 2.24) is 14.5 Å². The first kappa shape index (κ1) is 14.2. The van der Waals surface area contributed by atoms with Gasteiger partial charge < -0.3 is 0 Å². The van der Waals surface area contributed by atoms with E-state index in [1.165, 1.54) is 25.4 Å². The first-order chi connectivity index (χ1) is 9.46. The quantitative estimate of drug-likeness (QED) is 0.918. The van der Waals surface area contributed by atoms with E-state index in [1.54, 1.807) is 12.3 Å². The minimum atomic E-state index is -3.95. The highest BCUT2D eigenvalue weighted by molar-refractivity contribution is 7.89. The number of benzene rings is 1. The summed E-state index contributed by atoms with van der Waals surface area (Å²) in [6.45, 7) is 0.0697. The SMILES string of the molecule is CN(Cc1cn[nH]c1)S(=O)(=O)c1cccc(F)c1C#N. The third kappa shape index (κ3) is 2.54. The summed E-state index contributed by atoms with van der Waals surface area (Å²) in [6, 6.07) is 5.10. The number of nitriles is 1. The maximum atomic E-state index is 13.5. The van der Waals surface area contributed by atoms with Gasteiger partial charge in [0, 0.05) is 25.4 Å². The minimum absolute atomic E-state index is 0.0697. The summed E-state index contributed by atoms with van der Waals surface area (Å²) in [4.78, 5) is -0.342. The summed E-state index contributed by atoms with van der Waals surface area (Å²) in [5, 5.41) is 15.2. The fraction of sp³-hybridized carbons (Fsp3) is 0.167. The van der Waals surface area contributed by atoms with Crippen LogP contribution in [0.3, 0.4) is 0 Å². The Bertz CT molecular complexity index is 750. The molecule has 0 fully saturated rings. The summed E-state index contributed by atoms with van der Waals surface area (Å²) >= 11 is 0. The van der Waals surface area contributed by atoms with Crippen LogP contribution in [0.5, 0.6) is 0 Å². The van der Waals surface area contributed by atoms with E-state index in [-0.39, 0.29) is 11.4 Å². The Morgan fingerprint density at radius 3 is 2.85 bits per heavy atom. The van der Waals surface area contributed by atoms with Gasteiger partial charge in [0.25, 0.3) is 0 Å². The van der Waals surface area contributed by atoms with Crippen LogP contribution in [0.25, 0.3) is 0 Å². The molecule has 20 heavy (non-hydrogen) atoms. The zero-order valence-corrected chi connectivity index (χ0v) is 11.4. The first-order valence-electron chi connectivity index (χ1n) is 5.59. The molecule has 0 saturated heterocycles. The van der Waals surface area contributed by atoms with Crippen LogP contribution in [-0.2, 0) is 16.6 Å². The fourth-order valence-corrected chi connectivity index (χ4v) is 3.01. The second kappa shape index (κ2) is 5.40. The number of sulfonamides is 1. The normalized spacial score (nSPS) is 11.5. The van der Waals surface area contributed by atoms with Crippen molar-refractivity contribution in [1.29, 1.82) is 5.26 Å². The molecule has 0 amide bonds. The molecule has 2 rings (SSSR count). The Kier molecular flexibility index (Phi) is 3.83. The lowest BCUT2D eigenvalue weighted by Crippen LogP contribution is -2.27. The first-order valence-corrected chi connectivity index (χ1v) is 7.03. The molecule has 0 atom stereocenters. The van der Waals surface area contributed by atoms with Crippen molar-refractivity contribution in [2.24, 2.45) is 0 Å². The molecule has 6 nitrogen and oxygen atoms in total. The maximum Gasteiger partial charge on any atom is 0.244 e. The van der Waals surface area contributed by atoms with Crippen LogP contribution in [0.2, 0.25) is 0 Å². The van der Waals surface area contributed by atoms with Gasteiger partial charge in [-0.3, -0.25) is 5.10 Å². The number of H-pyrrole nitrogens is 1. The Morgan fingerprint density at radius 2 is 2.25 bits per heavy atom. The van der Waals surface area contributed by atoms with Crippen LogP contribution in [0.1, 0.15) is 11.1 Å². The molecule has 0 spiro atoms. The molecule has 0 unspecified atom stereocenters. The van der Waals surface area contributed by atoms with Gasteiger partial charge in [-0.25, -0.2) is 12.8 Å². The molecule has 0 radical (unpaired) electrons. The summed E-state index contributed by atoms with van der Waals surface area (Å²) in [5.74, 6) is -0.856. The average molecular weight is 294 g/mol. The van der Waals surface area contributed by atoms with Crippen LogP contribution >= 0.6 is 0 Å². The molecule has 2 aromatic rings. The minimum Gasteiger partial charge on any atom is -0.285 e. The van der Waals surface area contributed by atoms with E-state index in [1.807, 2.05) is 0 Å². The molecule has 0 bridgehead atoms. The standard InChI is InChI=1S/C12H11FN4O2S/c1-17(8-9-6-15-16-7-9)20(18,19)12-4-2-3-11(13)10(12)5-14/h2-4,6-7H,8H2,1H3,(H,15,16). The number of hydrogen-bond donors (Lipinski definition) is 1. The van der Waals surface area contributed by atoms with Gasteiger partial charge in [0.05, 0.1) is 6.20 Å². The van der Waals surface area contributed by atoms with Crippen LogP contribution in [0, 0.1) is 17.1 Å². The lowest BCUT2D eigenvalue weighted by Gasteiger charge is -2.17.